The lowest BCUT2D eigenvalue weighted by Crippen LogP contribution is -2.63. The van der Waals surface area contributed by atoms with Gasteiger partial charge in [-0.1, -0.05) is 76.8 Å². The quantitative estimate of drug-likeness (QED) is 0.0818. The Bertz CT molecular complexity index is 1000. The minimum atomic E-state index is -5.00. The van der Waals surface area contributed by atoms with Crippen LogP contribution in [-0.4, -0.2) is 69.7 Å². The third-order valence-corrected chi connectivity index (χ3v) is 12.6. The number of unbranched alkanes of at least 4 members (excludes halogenated alkanes) is 5. The van der Waals surface area contributed by atoms with Crippen LogP contribution >= 0.6 is 0 Å². The second-order valence-electron chi connectivity index (χ2n) is 11.8. The van der Waals surface area contributed by atoms with Crippen LogP contribution < -0.4 is 5.90 Å². The van der Waals surface area contributed by atoms with E-state index in [0.29, 0.717) is 6.42 Å². The number of carbonyl (C=O) groups is 1. The molecular formula is C27H47NO10SSi. The number of rotatable bonds is 16. The maximum Gasteiger partial charge on any atom is 0.397 e. The first-order valence-electron chi connectivity index (χ1n) is 13.9. The van der Waals surface area contributed by atoms with Crippen LogP contribution in [0.2, 0.25) is 18.1 Å². The molecule has 11 nitrogen and oxygen atoms in total. The van der Waals surface area contributed by atoms with Crippen LogP contribution in [0.1, 0.15) is 71.3 Å². The van der Waals surface area contributed by atoms with Gasteiger partial charge in [-0.2, -0.15) is 8.42 Å². The molecule has 0 aromatic heterocycles. The van der Waals surface area contributed by atoms with Crippen LogP contribution in [0.4, 0.5) is 0 Å². The van der Waals surface area contributed by atoms with Crippen LogP contribution in [0, 0.1) is 0 Å². The van der Waals surface area contributed by atoms with Crippen molar-refractivity contribution in [3.8, 4) is 0 Å². The monoisotopic (exact) mass is 605 g/mol. The number of benzene rings is 1. The number of aryl methyl sites for hydroxylation is 1. The van der Waals surface area contributed by atoms with Crippen molar-refractivity contribution in [1.82, 2.24) is 0 Å². The highest BCUT2D eigenvalue weighted by Crippen LogP contribution is 2.37. The maximum atomic E-state index is 12.7. The molecule has 0 radical (unpaired) electrons. The van der Waals surface area contributed by atoms with E-state index in [2.05, 4.69) is 12.1 Å². The minimum Gasteiger partial charge on any atom is -0.456 e. The number of ether oxygens (including phenoxy) is 2. The Balaban J connectivity index is 1.92. The fourth-order valence-corrected chi connectivity index (χ4v) is 5.73. The van der Waals surface area contributed by atoms with E-state index in [1.54, 1.807) is 0 Å². The van der Waals surface area contributed by atoms with Crippen LogP contribution in [0.15, 0.2) is 30.3 Å². The fraction of sp³-hybridized carbons (Fsp3) is 0.741. The zero-order valence-corrected chi connectivity index (χ0v) is 26.1. The number of hydrogen-bond donors (Lipinski definition) is 3. The van der Waals surface area contributed by atoms with E-state index in [9.17, 15) is 22.9 Å². The van der Waals surface area contributed by atoms with E-state index in [1.165, 1.54) is 5.56 Å². The lowest BCUT2D eigenvalue weighted by molar-refractivity contribution is -0.300. The van der Waals surface area contributed by atoms with Gasteiger partial charge < -0.3 is 19.0 Å². The van der Waals surface area contributed by atoms with Gasteiger partial charge in [0.15, 0.2) is 14.4 Å². The van der Waals surface area contributed by atoms with Crippen molar-refractivity contribution in [2.24, 2.45) is 5.90 Å². The van der Waals surface area contributed by atoms with Crippen molar-refractivity contribution in [2.45, 2.75) is 121 Å². The number of nitrogens with two attached hydrogens (primary N) is 1. The van der Waals surface area contributed by atoms with Crippen LogP contribution in [-0.2, 0) is 44.5 Å². The summed E-state index contributed by atoms with van der Waals surface area (Å²) in [4.78, 5) is 17.4. The first-order chi connectivity index (χ1) is 18.6. The molecule has 0 bridgehead atoms. The van der Waals surface area contributed by atoms with Gasteiger partial charge in [-0.05, 0) is 43.0 Å². The van der Waals surface area contributed by atoms with E-state index in [1.807, 2.05) is 52.1 Å². The molecule has 1 aliphatic heterocycles. The molecule has 0 aliphatic carbocycles. The molecule has 1 unspecified atom stereocenters. The first kappa shape index (κ1) is 34.8. The maximum absolute atomic E-state index is 12.7. The number of aliphatic hydroxyl groups excluding tert-OH is 1. The standard InChI is InChI=1S/C27H47NO10SSi/c1-27(2,3)40(4,5)34-19-21-24(38-39(31,32)33)25(23(30)26(35-21)37-28)36-22(29)18-14-9-7-6-8-11-15-20-16-12-10-13-17-20/h10,12-13,16-17,21,23-26,30H,6-9,11,14-15,18-19,28H2,1-5H3,(H,31,32,33)/t21-,23-,24-,25-,26?/m1/s1. The SMILES string of the molecule is CC(C)(C)[Si](C)(C)OC[C@H]1OC(ON)[C@H](O)[C@@H](OC(=O)CCCCCCCCc2ccccc2)[C@@H]1OS(=O)(=O)O. The summed E-state index contributed by atoms with van der Waals surface area (Å²) < 4.78 is 54.8. The van der Waals surface area contributed by atoms with Crippen molar-refractivity contribution in [2.75, 3.05) is 6.61 Å². The van der Waals surface area contributed by atoms with E-state index >= 15 is 0 Å². The van der Waals surface area contributed by atoms with Crippen LogP contribution in [0.3, 0.4) is 0 Å². The van der Waals surface area contributed by atoms with Crippen molar-refractivity contribution in [1.29, 1.82) is 0 Å². The van der Waals surface area contributed by atoms with E-state index < -0.39 is 55.4 Å². The first-order valence-corrected chi connectivity index (χ1v) is 18.1. The molecule has 13 heteroatoms. The predicted octanol–water partition coefficient (Wildman–Crippen LogP) is 4.06. The van der Waals surface area contributed by atoms with E-state index in [0.717, 1.165) is 38.5 Å². The Morgan fingerprint density at radius 3 is 2.20 bits per heavy atom. The summed E-state index contributed by atoms with van der Waals surface area (Å²) in [6, 6.07) is 10.3. The molecule has 2 rings (SSSR count). The van der Waals surface area contributed by atoms with Gasteiger partial charge in [0.05, 0.1) is 6.61 Å². The van der Waals surface area contributed by atoms with Gasteiger partial charge in [0.25, 0.3) is 0 Å². The third-order valence-electron chi connectivity index (χ3n) is 7.60. The van der Waals surface area contributed by atoms with Gasteiger partial charge in [-0.15, -0.1) is 0 Å². The Hall–Kier alpha value is -1.42. The van der Waals surface area contributed by atoms with Gasteiger partial charge >= 0.3 is 16.4 Å². The lowest BCUT2D eigenvalue weighted by atomic mass is 9.99. The Labute approximate surface area is 239 Å². The molecule has 230 valence electrons. The molecule has 1 aliphatic rings. The van der Waals surface area contributed by atoms with Gasteiger partial charge in [0, 0.05) is 6.42 Å². The number of aliphatic hydroxyl groups is 1. The summed E-state index contributed by atoms with van der Waals surface area (Å²) >= 11 is 0. The highest BCUT2D eigenvalue weighted by Gasteiger charge is 2.51. The van der Waals surface area contributed by atoms with Crippen molar-refractivity contribution in [3.05, 3.63) is 35.9 Å². The second kappa shape index (κ2) is 15.7. The molecule has 40 heavy (non-hydrogen) atoms. The highest BCUT2D eigenvalue weighted by molar-refractivity contribution is 7.80. The number of carbonyl (C=O) groups excluding carboxylic acids is 1. The zero-order chi connectivity index (χ0) is 30.0. The summed E-state index contributed by atoms with van der Waals surface area (Å²) in [6.07, 6.45) is -0.711. The van der Waals surface area contributed by atoms with Gasteiger partial charge in [-0.3, -0.25) is 14.2 Å². The summed E-state index contributed by atoms with van der Waals surface area (Å²) in [5.41, 5.74) is 1.33. The molecule has 1 fully saturated rings. The summed E-state index contributed by atoms with van der Waals surface area (Å²) in [6.45, 7) is 9.89. The molecule has 5 atom stereocenters. The van der Waals surface area contributed by atoms with Crippen molar-refractivity contribution < 1.29 is 45.8 Å². The smallest absolute Gasteiger partial charge is 0.397 e. The lowest BCUT2D eigenvalue weighted by Gasteiger charge is -2.44. The number of hydrogen-bond acceptors (Lipinski definition) is 10. The minimum absolute atomic E-state index is 0.0615. The van der Waals surface area contributed by atoms with Crippen LogP contribution in [0.25, 0.3) is 0 Å². The Kier molecular flexibility index (Phi) is 13.7. The summed E-state index contributed by atoms with van der Waals surface area (Å²) in [7, 11) is -7.33. The largest absolute Gasteiger partial charge is 0.456 e. The van der Waals surface area contributed by atoms with Gasteiger partial charge in [-0.25, -0.2) is 10.1 Å². The van der Waals surface area contributed by atoms with Gasteiger partial charge in [0.2, 0.25) is 6.29 Å². The Morgan fingerprint density at radius 1 is 1.02 bits per heavy atom. The van der Waals surface area contributed by atoms with Crippen molar-refractivity contribution >= 4 is 24.7 Å². The molecule has 1 aromatic rings. The molecule has 1 aromatic carbocycles. The third kappa shape index (κ3) is 11.5. The fourth-order valence-electron chi connectivity index (χ4n) is 4.20. The summed E-state index contributed by atoms with van der Waals surface area (Å²) in [5.74, 6) is 4.63. The molecule has 1 saturated heterocycles. The summed E-state index contributed by atoms with van der Waals surface area (Å²) in [5, 5.41) is 10.5. The zero-order valence-electron chi connectivity index (χ0n) is 24.3. The molecule has 4 N–H and O–H groups in total. The average Bonchev–Trinajstić information content (AvgIpc) is 2.86. The second-order valence-corrected chi connectivity index (χ2v) is 17.6. The van der Waals surface area contributed by atoms with E-state index in [4.69, 9.17) is 28.8 Å². The molecular weight excluding hydrogens is 558 g/mol. The molecule has 0 saturated carbocycles. The predicted molar refractivity (Wildman–Crippen MR) is 152 cm³/mol. The average molecular weight is 606 g/mol. The van der Waals surface area contributed by atoms with Crippen LogP contribution in [0.5, 0.6) is 0 Å². The topological polar surface area (TPSA) is 164 Å². The Morgan fingerprint density at radius 2 is 1.62 bits per heavy atom. The van der Waals surface area contributed by atoms with Gasteiger partial charge in [0.1, 0.15) is 18.3 Å². The van der Waals surface area contributed by atoms with E-state index in [-0.39, 0.29) is 18.1 Å². The highest BCUT2D eigenvalue weighted by atomic mass is 32.3. The molecule has 1 heterocycles. The molecule has 0 spiro atoms. The normalized spacial score (nSPS) is 24.1. The number of esters is 1. The van der Waals surface area contributed by atoms with Crippen molar-refractivity contribution in [3.63, 3.8) is 0 Å². The molecule has 0 amide bonds.